The number of rotatable bonds is 12. The highest BCUT2D eigenvalue weighted by atomic mass is 35.5. The van der Waals surface area contributed by atoms with Gasteiger partial charge in [0.2, 0.25) is 11.8 Å². The van der Waals surface area contributed by atoms with E-state index < -0.39 is 28.5 Å². The molecule has 0 saturated carbocycles. The first-order valence-electron chi connectivity index (χ1n) is 13.0. The second-order valence-corrected chi connectivity index (χ2v) is 12.2. The summed E-state index contributed by atoms with van der Waals surface area (Å²) in [5, 5.41) is 3.27. The summed E-state index contributed by atoms with van der Waals surface area (Å²) >= 11 is 6.00. The maximum atomic E-state index is 14.0. The first kappa shape index (κ1) is 31.0. The molecule has 0 aliphatic heterocycles. The van der Waals surface area contributed by atoms with Crippen LogP contribution in [-0.4, -0.2) is 51.4 Å². The van der Waals surface area contributed by atoms with Crippen LogP contribution in [0.1, 0.15) is 31.9 Å². The third kappa shape index (κ3) is 7.76. The van der Waals surface area contributed by atoms with Crippen molar-refractivity contribution < 1.29 is 22.7 Å². The lowest BCUT2D eigenvalue weighted by atomic mass is 10.1. The van der Waals surface area contributed by atoms with Gasteiger partial charge in [-0.15, -0.1) is 0 Å². The molecule has 40 heavy (non-hydrogen) atoms. The minimum absolute atomic E-state index is 0.00242. The number of nitrogens with zero attached hydrogens (tertiary/aromatic N) is 2. The number of nitrogens with one attached hydrogen (secondary N) is 1. The number of ether oxygens (including phenoxy) is 1. The largest absolute Gasteiger partial charge is 0.497 e. The molecule has 0 fully saturated rings. The van der Waals surface area contributed by atoms with Crippen molar-refractivity contribution in [1.82, 2.24) is 10.2 Å². The summed E-state index contributed by atoms with van der Waals surface area (Å²) in [4.78, 5) is 28.5. The highest BCUT2D eigenvalue weighted by Crippen LogP contribution is 2.28. The van der Waals surface area contributed by atoms with Gasteiger partial charge < -0.3 is 15.0 Å². The van der Waals surface area contributed by atoms with Crippen LogP contribution >= 0.6 is 11.6 Å². The summed E-state index contributed by atoms with van der Waals surface area (Å²) in [6.07, 6.45) is 0. The van der Waals surface area contributed by atoms with Crippen LogP contribution in [0.3, 0.4) is 0 Å². The molecule has 10 heteroatoms. The molecule has 0 aliphatic carbocycles. The van der Waals surface area contributed by atoms with E-state index in [1.54, 1.807) is 69.5 Å². The second kappa shape index (κ2) is 13.7. The molecule has 0 aromatic heterocycles. The molecule has 1 atom stereocenters. The monoisotopic (exact) mass is 585 g/mol. The third-order valence-corrected chi connectivity index (χ3v) is 8.45. The molecule has 0 bridgehead atoms. The molecule has 0 aliphatic rings. The normalized spacial score (nSPS) is 12.1. The zero-order valence-corrected chi connectivity index (χ0v) is 25.0. The van der Waals surface area contributed by atoms with E-state index in [0.717, 1.165) is 9.87 Å². The summed E-state index contributed by atoms with van der Waals surface area (Å²) in [6, 6.07) is 19.0. The third-order valence-electron chi connectivity index (χ3n) is 6.43. The van der Waals surface area contributed by atoms with Crippen molar-refractivity contribution in [2.24, 2.45) is 5.92 Å². The Kier molecular flexibility index (Phi) is 10.6. The highest BCUT2D eigenvalue weighted by molar-refractivity contribution is 7.92. The Hall–Kier alpha value is -3.56. The first-order chi connectivity index (χ1) is 18.9. The van der Waals surface area contributed by atoms with E-state index in [1.807, 2.05) is 13.8 Å². The molecule has 8 nitrogen and oxygen atoms in total. The van der Waals surface area contributed by atoms with Crippen LogP contribution < -0.4 is 14.4 Å². The fourth-order valence-electron chi connectivity index (χ4n) is 4.05. The van der Waals surface area contributed by atoms with Crippen LogP contribution in [0.2, 0.25) is 5.02 Å². The predicted octanol–water partition coefficient (Wildman–Crippen LogP) is 5.04. The molecule has 214 valence electrons. The molecule has 2 amide bonds. The summed E-state index contributed by atoms with van der Waals surface area (Å²) in [7, 11) is -2.60. The van der Waals surface area contributed by atoms with Crippen LogP contribution in [0, 0.1) is 12.8 Å². The van der Waals surface area contributed by atoms with Crippen molar-refractivity contribution in [1.29, 1.82) is 0 Å². The highest BCUT2D eigenvalue weighted by Gasteiger charge is 2.33. The second-order valence-electron chi connectivity index (χ2n) is 9.94. The van der Waals surface area contributed by atoms with Crippen molar-refractivity contribution >= 4 is 39.1 Å². The van der Waals surface area contributed by atoms with E-state index in [2.05, 4.69) is 5.32 Å². The smallest absolute Gasteiger partial charge is 0.264 e. The molecule has 1 N–H and O–H groups in total. The van der Waals surface area contributed by atoms with Gasteiger partial charge in [0.1, 0.15) is 18.3 Å². The molecular weight excluding hydrogens is 550 g/mol. The average Bonchev–Trinajstić information content (AvgIpc) is 2.93. The minimum atomic E-state index is -4.16. The van der Waals surface area contributed by atoms with E-state index in [1.165, 1.54) is 29.2 Å². The summed E-state index contributed by atoms with van der Waals surface area (Å²) < 4.78 is 34.1. The Bertz CT molecular complexity index is 1410. The predicted molar refractivity (Wildman–Crippen MR) is 158 cm³/mol. The fourth-order valence-corrected chi connectivity index (χ4v) is 5.66. The quantitative estimate of drug-likeness (QED) is 0.321. The SMILES string of the molecule is COc1ccc(CN(C(=O)CN(c2ccccc2C)S(=O)(=O)c2ccc(Cl)cc2)[C@@H](C)C(=O)NCC(C)C)cc1. The number of sulfonamides is 1. The van der Waals surface area contributed by atoms with Gasteiger partial charge in [-0.05, 0) is 73.4 Å². The van der Waals surface area contributed by atoms with Gasteiger partial charge in [-0.1, -0.05) is 55.8 Å². The Labute approximate surface area is 241 Å². The molecule has 0 spiro atoms. The van der Waals surface area contributed by atoms with E-state index in [9.17, 15) is 18.0 Å². The maximum absolute atomic E-state index is 14.0. The summed E-state index contributed by atoms with van der Waals surface area (Å²) in [6.45, 7) is 7.42. The Morgan fingerprint density at radius 2 is 1.57 bits per heavy atom. The van der Waals surface area contributed by atoms with Crippen molar-refractivity contribution in [3.05, 3.63) is 88.9 Å². The molecule has 3 rings (SSSR count). The number of anilines is 1. The van der Waals surface area contributed by atoms with E-state index >= 15 is 0 Å². The van der Waals surface area contributed by atoms with Gasteiger partial charge in [-0.25, -0.2) is 8.42 Å². The van der Waals surface area contributed by atoms with Gasteiger partial charge in [0.15, 0.2) is 0 Å². The fraction of sp³-hybridized carbons (Fsp3) is 0.333. The van der Waals surface area contributed by atoms with Crippen LogP contribution in [0.25, 0.3) is 0 Å². The number of benzene rings is 3. The summed E-state index contributed by atoms with van der Waals surface area (Å²) in [5.41, 5.74) is 1.81. The van der Waals surface area contributed by atoms with Gasteiger partial charge in [-0.3, -0.25) is 13.9 Å². The van der Waals surface area contributed by atoms with Crippen LogP contribution in [0.5, 0.6) is 5.75 Å². The maximum Gasteiger partial charge on any atom is 0.264 e. The van der Waals surface area contributed by atoms with Crippen LogP contribution in [0.4, 0.5) is 5.69 Å². The Balaban J connectivity index is 2.01. The zero-order chi connectivity index (χ0) is 29.4. The lowest BCUT2D eigenvalue weighted by Crippen LogP contribution is -2.51. The van der Waals surface area contributed by atoms with Crippen molar-refractivity contribution in [3.8, 4) is 5.75 Å². The Morgan fingerprint density at radius 1 is 0.950 bits per heavy atom. The van der Waals surface area contributed by atoms with Crippen molar-refractivity contribution in [3.63, 3.8) is 0 Å². The summed E-state index contributed by atoms with van der Waals surface area (Å²) in [5.74, 6) is 0.0365. The number of amides is 2. The minimum Gasteiger partial charge on any atom is -0.497 e. The molecule has 0 radical (unpaired) electrons. The molecule has 0 heterocycles. The van der Waals surface area contributed by atoms with Crippen LogP contribution in [-0.2, 0) is 26.2 Å². The topological polar surface area (TPSA) is 96.0 Å². The van der Waals surface area contributed by atoms with E-state index in [0.29, 0.717) is 28.6 Å². The lowest BCUT2D eigenvalue weighted by Gasteiger charge is -2.32. The number of hydrogen-bond acceptors (Lipinski definition) is 5. The Morgan fingerprint density at radius 3 is 2.15 bits per heavy atom. The molecule has 0 unspecified atom stereocenters. The van der Waals surface area contributed by atoms with Crippen molar-refractivity contribution in [2.45, 2.75) is 45.2 Å². The van der Waals surface area contributed by atoms with Gasteiger partial charge in [0.25, 0.3) is 10.0 Å². The zero-order valence-electron chi connectivity index (χ0n) is 23.4. The lowest BCUT2D eigenvalue weighted by molar-refractivity contribution is -0.139. The number of methoxy groups -OCH3 is 1. The average molecular weight is 586 g/mol. The number of carbonyl (C=O) groups is 2. The van der Waals surface area contributed by atoms with Gasteiger partial charge in [0, 0.05) is 18.1 Å². The number of halogens is 1. The standard InChI is InChI=1S/C30H36ClN3O5S/c1-21(2)18-32-30(36)23(4)33(19-24-10-14-26(39-5)15-11-24)29(35)20-34(28-9-7-6-8-22(28)3)40(37,38)27-16-12-25(31)13-17-27/h6-17,21,23H,18-20H2,1-5H3,(H,32,36)/t23-/m0/s1. The number of carbonyl (C=O) groups excluding carboxylic acids is 2. The molecular formula is C30H36ClN3O5S. The van der Waals surface area contributed by atoms with Crippen molar-refractivity contribution in [2.75, 3.05) is 24.5 Å². The first-order valence-corrected chi connectivity index (χ1v) is 14.8. The van der Waals surface area contributed by atoms with Gasteiger partial charge in [0.05, 0.1) is 17.7 Å². The number of aryl methyl sites for hydroxylation is 1. The molecule has 3 aromatic carbocycles. The molecule has 3 aromatic rings. The molecule has 0 saturated heterocycles. The van der Waals surface area contributed by atoms with Crippen LogP contribution in [0.15, 0.2) is 77.7 Å². The van der Waals surface area contributed by atoms with Gasteiger partial charge >= 0.3 is 0 Å². The number of hydrogen-bond donors (Lipinski definition) is 1. The van der Waals surface area contributed by atoms with E-state index in [-0.39, 0.29) is 23.3 Å². The van der Waals surface area contributed by atoms with E-state index in [4.69, 9.17) is 16.3 Å². The van der Waals surface area contributed by atoms with Gasteiger partial charge in [-0.2, -0.15) is 0 Å². The number of para-hydroxylation sites is 1.